The Labute approximate surface area is 95.2 Å². The highest BCUT2D eigenvalue weighted by Crippen LogP contribution is 2.19. The average molecular weight is 217 g/mol. The molecule has 1 saturated carbocycles. The molecular weight excluding hydrogens is 200 g/mol. The third-order valence-corrected chi connectivity index (χ3v) is 3.44. The van der Waals surface area contributed by atoms with Gasteiger partial charge in [0, 0.05) is 18.0 Å². The number of nitrogens with two attached hydrogens (primary N) is 1. The number of nitrogens with one attached hydrogen (secondary N) is 1. The van der Waals surface area contributed by atoms with Crippen molar-refractivity contribution in [2.24, 2.45) is 0 Å². The Hall–Kier alpha value is -1.35. The maximum atomic E-state index is 11.9. The molecule has 1 aromatic carbocycles. The van der Waals surface area contributed by atoms with Gasteiger partial charge < -0.3 is 10.6 Å². The number of hydrogen-bond acceptors (Lipinski definition) is 1. The van der Waals surface area contributed by atoms with Crippen LogP contribution in [0.4, 0.5) is 0 Å². The molecule has 1 aromatic rings. The summed E-state index contributed by atoms with van der Waals surface area (Å²) >= 11 is 0. The van der Waals surface area contributed by atoms with Gasteiger partial charge >= 0.3 is 0 Å². The van der Waals surface area contributed by atoms with E-state index in [-0.39, 0.29) is 11.9 Å². The van der Waals surface area contributed by atoms with Crippen LogP contribution in [0.2, 0.25) is 0 Å². The van der Waals surface area contributed by atoms with Gasteiger partial charge in [-0.05, 0) is 18.4 Å². The Morgan fingerprint density at radius 3 is 2.75 bits per heavy atom. The molecule has 3 rings (SSSR count). The van der Waals surface area contributed by atoms with Gasteiger partial charge in [-0.15, -0.1) is 0 Å². The number of quaternary nitrogens is 1. The van der Waals surface area contributed by atoms with Crippen LogP contribution < -0.4 is 10.6 Å². The Balaban J connectivity index is 1.69. The Morgan fingerprint density at radius 1 is 1.25 bits per heavy atom. The second kappa shape index (κ2) is 3.91. The quantitative estimate of drug-likeness (QED) is 0.717. The topological polar surface area (TPSA) is 45.7 Å². The molecule has 1 heterocycles. The fraction of sp³-hybridized carbons (Fsp3) is 0.462. The third kappa shape index (κ3) is 1.95. The van der Waals surface area contributed by atoms with E-state index in [0.717, 1.165) is 25.8 Å². The highest BCUT2D eigenvalue weighted by atomic mass is 16.2. The molecule has 2 aliphatic rings. The minimum absolute atomic E-state index is 0.0792. The zero-order valence-corrected chi connectivity index (χ0v) is 9.28. The van der Waals surface area contributed by atoms with Crippen LogP contribution in [-0.4, -0.2) is 18.0 Å². The fourth-order valence-electron chi connectivity index (χ4n) is 2.28. The summed E-state index contributed by atoms with van der Waals surface area (Å²) in [5.41, 5.74) is 2.71. The van der Waals surface area contributed by atoms with Crippen LogP contribution in [0.1, 0.15) is 24.0 Å². The summed E-state index contributed by atoms with van der Waals surface area (Å²) in [6.07, 6.45) is 3.19. The molecule has 1 aliphatic carbocycles. The lowest BCUT2D eigenvalue weighted by molar-refractivity contribution is -0.695. The van der Waals surface area contributed by atoms with Crippen LogP contribution in [0.25, 0.3) is 0 Å². The summed E-state index contributed by atoms with van der Waals surface area (Å²) in [7, 11) is 0. The molecular formula is C13H17N2O+. The number of rotatable bonds is 2. The van der Waals surface area contributed by atoms with E-state index >= 15 is 0 Å². The molecule has 1 amide bonds. The SMILES string of the molecule is O=C(NC1CC1)[C@@H]1Cc2ccccc2C[NH2+]1. The van der Waals surface area contributed by atoms with E-state index < -0.39 is 0 Å². The lowest BCUT2D eigenvalue weighted by atomic mass is 9.95. The van der Waals surface area contributed by atoms with Crippen molar-refractivity contribution in [3.8, 4) is 0 Å². The van der Waals surface area contributed by atoms with Gasteiger partial charge in [-0.3, -0.25) is 4.79 Å². The maximum Gasteiger partial charge on any atom is 0.278 e. The van der Waals surface area contributed by atoms with E-state index in [2.05, 4.69) is 34.9 Å². The first-order chi connectivity index (χ1) is 7.83. The zero-order chi connectivity index (χ0) is 11.0. The summed E-state index contributed by atoms with van der Waals surface area (Å²) in [5, 5.41) is 5.24. The van der Waals surface area contributed by atoms with Crippen molar-refractivity contribution in [3.63, 3.8) is 0 Å². The molecule has 3 N–H and O–H groups in total. The molecule has 3 heteroatoms. The van der Waals surface area contributed by atoms with Crippen LogP contribution in [0, 0.1) is 0 Å². The number of amides is 1. The first kappa shape index (κ1) is 9.85. The summed E-state index contributed by atoms with van der Waals surface area (Å²) < 4.78 is 0. The van der Waals surface area contributed by atoms with Crippen LogP contribution in [0.3, 0.4) is 0 Å². The standard InChI is InChI=1S/C13H16N2O/c16-13(15-11-5-6-11)12-7-9-3-1-2-4-10(9)8-14-12/h1-4,11-12,14H,5-8H2,(H,15,16)/p+1/t12-/m0/s1. The molecule has 3 nitrogen and oxygen atoms in total. The number of benzene rings is 1. The van der Waals surface area contributed by atoms with Gasteiger partial charge in [0.25, 0.3) is 5.91 Å². The second-order valence-corrected chi connectivity index (χ2v) is 4.80. The molecule has 16 heavy (non-hydrogen) atoms. The van der Waals surface area contributed by atoms with Crippen LogP contribution >= 0.6 is 0 Å². The largest absolute Gasteiger partial charge is 0.348 e. The summed E-state index contributed by atoms with van der Waals surface area (Å²) in [6.45, 7) is 0.929. The molecule has 0 radical (unpaired) electrons. The van der Waals surface area contributed by atoms with Gasteiger partial charge in [0.2, 0.25) is 0 Å². The Morgan fingerprint density at radius 2 is 2.00 bits per heavy atom. The molecule has 1 fully saturated rings. The number of fused-ring (bicyclic) bond motifs is 1. The van der Waals surface area contributed by atoms with E-state index in [1.54, 1.807) is 0 Å². The highest BCUT2D eigenvalue weighted by molar-refractivity contribution is 5.81. The maximum absolute atomic E-state index is 11.9. The lowest BCUT2D eigenvalue weighted by Gasteiger charge is -2.22. The molecule has 0 unspecified atom stereocenters. The average Bonchev–Trinajstić information content (AvgIpc) is 3.12. The van der Waals surface area contributed by atoms with Crippen molar-refractivity contribution < 1.29 is 10.1 Å². The molecule has 1 atom stereocenters. The normalized spacial score (nSPS) is 23.6. The van der Waals surface area contributed by atoms with Crippen molar-refractivity contribution in [3.05, 3.63) is 35.4 Å². The molecule has 0 aromatic heterocycles. The molecule has 1 aliphatic heterocycles. The van der Waals surface area contributed by atoms with E-state index in [0.29, 0.717) is 6.04 Å². The van der Waals surface area contributed by atoms with Gasteiger partial charge in [0.15, 0.2) is 6.04 Å². The smallest absolute Gasteiger partial charge is 0.278 e. The Bertz CT molecular complexity index is 412. The van der Waals surface area contributed by atoms with E-state index in [9.17, 15) is 4.79 Å². The van der Waals surface area contributed by atoms with Crippen molar-refractivity contribution in [2.75, 3.05) is 0 Å². The Kier molecular flexibility index (Phi) is 2.40. The first-order valence-electron chi connectivity index (χ1n) is 6.03. The lowest BCUT2D eigenvalue weighted by Crippen LogP contribution is -2.93. The first-order valence-corrected chi connectivity index (χ1v) is 6.03. The molecule has 84 valence electrons. The predicted octanol–water partition coefficient (Wildman–Crippen LogP) is -0.0467. The number of carbonyl (C=O) groups is 1. The van der Waals surface area contributed by atoms with Gasteiger partial charge in [0.1, 0.15) is 6.54 Å². The van der Waals surface area contributed by atoms with Crippen molar-refractivity contribution >= 4 is 5.91 Å². The summed E-state index contributed by atoms with van der Waals surface area (Å²) in [6, 6.07) is 8.96. The van der Waals surface area contributed by atoms with E-state index in [1.165, 1.54) is 11.1 Å². The zero-order valence-electron chi connectivity index (χ0n) is 9.28. The predicted molar refractivity (Wildman–Crippen MR) is 60.7 cm³/mol. The van der Waals surface area contributed by atoms with Crippen molar-refractivity contribution in [2.45, 2.75) is 37.9 Å². The summed E-state index contributed by atoms with van der Waals surface area (Å²) in [5.74, 6) is 0.219. The summed E-state index contributed by atoms with van der Waals surface area (Å²) in [4.78, 5) is 11.9. The second-order valence-electron chi connectivity index (χ2n) is 4.80. The minimum atomic E-state index is 0.0792. The monoisotopic (exact) mass is 217 g/mol. The van der Waals surface area contributed by atoms with Crippen molar-refractivity contribution in [1.29, 1.82) is 0 Å². The van der Waals surface area contributed by atoms with E-state index in [1.807, 2.05) is 0 Å². The highest BCUT2D eigenvalue weighted by Gasteiger charge is 2.31. The van der Waals surface area contributed by atoms with Crippen LogP contribution in [0.5, 0.6) is 0 Å². The van der Waals surface area contributed by atoms with E-state index in [4.69, 9.17) is 0 Å². The molecule has 0 spiro atoms. The van der Waals surface area contributed by atoms with Gasteiger partial charge in [-0.25, -0.2) is 0 Å². The third-order valence-electron chi connectivity index (χ3n) is 3.44. The van der Waals surface area contributed by atoms with Gasteiger partial charge in [-0.2, -0.15) is 0 Å². The van der Waals surface area contributed by atoms with Gasteiger partial charge in [0.05, 0.1) is 0 Å². The van der Waals surface area contributed by atoms with Crippen LogP contribution in [0.15, 0.2) is 24.3 Å². The number of hydrogen-bond donors (Lipinski definition) is 2. The minimum Gasteiger partial charge on any atom is -0.348 e. The van der Waals surface area contributed by atoms with Crippen molar-refractivity contribution in [1.82, 2.24) is 5.32 Å². The van der Waals surface area contributed by atoms with Crippen LogP contribution in [-0.2, 0) is 17.8 Å². The van der Waals surface area contributed by atoms with Gasteiger partial charge in [-0.1, -0.05) is 24.3 Å². The number of carbonyl (C=O) groups excluding carboxylic acids is 1. The molecule has 0 saturated heterocycles. The molecule has 0 bridgehead atoms. The fourth-order valence-corrected chi connectivity index (χ4v) is 2.28.